The predicted molar refractivity (Wildman–Crippen MR) is 68.5 cm³/mol. The zero-order valence-electron chi connectivity index (χ0n) is 10.8. The van der Waals surface area contributed by atoms with Gasteiger partial charge in [0.05, 0.1) is 19.8 Å². The van der Waals surface area contributed by atoms with Gasteiger partial charge < -0.3 is 15.4 Å². The fraction of sp³-hybridized carbons (Fsp3) is 0.909. The number of carbonyl (C=O) groups excluding carboxylic acids is 1. The van der Waals surface area contributed by atoms with Crippen LogP contribution < -0.4 is 10.6 Å². The third kappa shape index (κ3) is 15.8. The molecule has 0 fully saturated rings. The first kappa shape index (κ1) is 17.7. The van der Waals surface area contributed by atoms with Gasteiger partial charge in [-0.15, -0.1) is 0 Å². The molecule has 0 spiro atoms. The molecule has 5 heteroatoms. The van der Waals surface area contributed by atoms with Crippen molar-refractivity contribution in [2.24, 2.45) is 0 Å². The quantitative estimate of drug-likeness (QED) is 0.634. The van der Waals surface area contributed by atoms with Crippen molar-refractivity contribution in [3.63, 3.8) is 0 Å². The molecule has 0 aliphatic heterocycles. The normalized spacial score (nSPS) is 11.3. The van der Waals surface area contributed by atoms with Crippen LogP contribution in [0.25, 0.3) is 0 Å². The molecular formula is C11H29FN2O2. The molecule has 0 bridgehead atoms. The molecule has 0 heterocycles. The number of hydrogen-bond acceptors (Lipinski definition) is 3. The molecule has 0 aromatic carbocycles. The van der Waals surface area contributed by atoms with Gasteiger partial charge in [-0.3, -0.25) is 4.79 Å². The summed E-state index contributed by atoms with van der Waals surface area (Å²) in [6, 6.07) is 0. The monoisotopic (exact) mass is 240 g/mol. The lowest BCUT2D eigenvalue weighted by molar-refractivity contribution is -0.119. The molecule has 1 atom stereocenters. The first-order chi connectivity index (χ1) is 7.66. The molecule has 1 unspecified atom stereocenters. The zero-order chi connectivity index (χ0) is 12.8. The van der Waals surface area contributed by atoms with Gasteiger partial charge in [0, 0.05) is 16.3 Å². The summed E-state index contributed by atoms with van der Waals surface area (Å²) < 4.78 is 18.0. The number of ether oxygens (including phenoxy) is 1. The lowest BCUT2D eigenvalue weighted by Gasteiger charge is -2.09. The first-order valence-corrected chi connectivity index (χ1v) is 5.83. The minimum Gasteiger partial charge on any atom is -0.377 e. The minimum absolute atomic E-state index is 0. The number of amides is 1. The maximum atomic E-state index is 12.9. The van der Waals surface area contributed by atoms with Crippen molar-refractivity contribution in [2.45, 2.75) is 33.9 Å². The smallest absolute Gasteiger partial charge is 0.216 e. The van der Waals surface area contributed by atoms with Gasteiger partial charge in [-0.05, 0) is 6.54 Å². The number of halogens is 1. The first-order valence-electron chi connectivity index (χ1n) is 5.83. The highest BCUT2D eigenvalue weighted by atomic mass is 19.1. The molecule has 2 N–H and O–H groups in total. The molecule has 0 aliphatic carbocycles. The second-order valence-corrected chi connectivity index (χ2v) is 2.96. The molecule has 16 heavy (non-hydrogen) atoms. The van der Waals surface area contributed by atoms with Gasteiger partial charge in [0.15, 0.2) is 0 Å². The SMILES string of the molecule is CC.CCNCCOCC(F)CNC(C)=O.[HH].[HH]. The maximum absolute atomic E-state index is 12.9. The highest BCUT2D eigenvalue weighted by Gasteiger charge is 2.06. The molecule has 102 valence electrons. The van der Waals surface area contributed by atoms with Gasteiger partial charge in [0.1, 0.15) is 6.17 Å². The average molecular weight is 240 g/mol. The molecule has 4 nitrogen and oxygen atoms in total. The highest BCUT2D eigenvalue weighted by Crippen LogP contribution is 1.89. The Morgan fingerprint density at radius 3 is 2.62 bits per heavy atom. The highest BCUT2D eigenvalue weighted by molar-refractivity contribution is 5.72. The fourth-order valence-electron chi connectivity index (χ4n) is 0.846. The summed E-state index contributed by atoms with van der Waals surface area (Å²) in [5.74, 6) is -0.222. The van der Waals surface area contributed by atoms with Crippen LogP contribution in [0.5, 0.6) is 0 Å². The van der Waals surface area contributed by atoms with Crippen molar-refractivity contribution < 1.29 is 16.8 Å². The summed E-state index contributed by atoms with van der Waals surface area (Å²) in [7, 11) is 0. The molecular weight excluding hydrogens is 211 g/mol. The van der Waals surface area contributed by atoms with Gasteiger partial charge in [-0.2, -0.15) is 0 Å². The topological polar surface area (TPSA) is 50.4 Å². The average Bonchev–Trinajstić information content (AvgIpc) is 2.29. The van der Waals surface area contributed by atoms with Crippen LogP contribution >= 0.6 is 0 Å². The summed E-state index contributed by atoms with van der Waals surface area (Å²) in [4.78, 5) is 10.4. The second-order valence-electron chi connectivity index (χ2n) is 2.96. The Morgan fingerprint density at radius 1 is 1.50 bits per heavy atom. The molecule has 0 radical (unpaired) electrons. The van der Waals surface area contributed by atoms with Crippen LogP contribution in [-0.4, -0.2) is 44.9 Å². The van der Waals surface area contributed by atoms with Crippen LogP contribution in [0, 0.1) is 0 Å². The van der Waals surface area contributed by atoms with Crippen molar-refractivity contribution in [1.29, 1.82) is 0 Å². The summed E-state index contributed by atoms with van der Waals surface area (Å²) in [5.41, 5.74) is 0. The van der Waals surface area contributed by atoms with Crippen molar-refractivity contribution in [3.05, 3.63) is 0 Å². The number of alkyl halides is 1. The molecule has 0 rings (SSSR count). The number of carbonyl (C=O) groups is 1. The Hall–Kier alpha value is -0.680. The Labute approximate surface area is 101 Å². The van der Waals surface area contributed by atoms with E-state index < -0.39 is 6.17 Å². The summed E-state index contributed by atoms with van der Waals surface area (Å²) in [5, 5.41) is 5.44. The zero-order valence-corrected chi connectivity index (χ0v) is 10.8. The van der Waals surface area contributed by atoms with Crippen LogP contribution in [0.3, 0.4) is 0 Å². The molecule has 1 amide bonds. The van der Waals surface area contributed by atoms with Gasteiger partial charge in [0.2, 0.25) is 5.91 Å². The van der Waals surface area contributed by atoms with Gasteiger partial charge in [-0.25, -0.2) is 4.39 Å². The fourth-order valence-corrected chi connectivity index (χ4v) is 0.846. The Morgan fingerprint density at radius 2 is 2.12 bits per heavy atom. The van der Waals surface area contributed by atoms with Gasteiger partial charge in [-0.1, -0.05) is 20.8 Å². The van der Waals surface area contributed by atoms with E-state index >= 15 is 0 Å². The van der Waals surface area contributed by atoms with Crippen LogP contribution in [0.1, 0.15) is 30.5 Å². The molecule has 0 aromatic heterocycles. The maximum Gasteiger partial charge on any atom is 0.216 e. The van der Waals surface area contributed by atoms with E-state index in [2.05, 4.69) is 10.6 Å². The third-order valence-corrected chi connectivity index (χ3v) is 1.54. The van der Waals surface area contributed by atoms with Crippen molar-refractivity contribution in [3.8, 4) is 0 Å². The summed E-state index contributed by atoms with van der Waals surface area (Å²) in [6.45, 7) is 9.52. The third-order valence-electron chi connectivity index (χ3n) is 1.54. The molecule has 0 saturated carbocycles. The van der Waals surface area contributed by atoms with Crippen LogP contribution in [0.2, 0.25) is 0 Å². The Balaban J connectivity index is -0.000000232. The summed E-state index contributed by atoms with van der Waals surface area (Å²) in [6.07, 6.45) is -1.12. The molecule has 0 aromatic rings. The molecule has 0 aliphatic rings. The largest absolute Gasteiger partial charge is 0.377 e. The van der Waals surface area contributed by atoms with E-state index in [1.807, 2.05) is 20.8 Å². The van der Waals surface area contributed by atoms with Crippen molar-refractivity contribution >= 4 is 5.91 Å². The van der Waals surface area contributed by atoms with Crippen molar-refractivity contribution in [2.75, 3.05) is 32.8 Å². The van der Waals surface area contributed by atoms with Crippen molar-refractivity contribution in [1.82, 2.24) is 10.6 Å². The number of hydrogen-bond donors (Lipinski definition) is 2. The Bertz CT molecular complexity index is 166. The van der Waals surface area contributed by atoms with E-state index in [-0.39, 0.29) is 21.9 Å². The number of nitrogens with one attached hydrogen (secondary N) is 2. The second kappa shape index (κ2) is 14.3. The van der Waals surface area contributed by atoms with Crippen LogP contribution in [0.4, 0.5) is 4.39 Å². The lowest BCUT2D eigenvalue weighted by atomic mass is 10.4. The summed E-state index contributed by atoms with van der Waals surface area (Å²) >= 11 is 0. The van der Waals surface area contributed by atoms with E-state index in [4.69, 9.17) is 4.74 Å². The van der Waals surface area contributed by atoms with Gasteiger partial charge in [0.25, 0.3) is 0 Å². The van der Waals surface area contributed by atoms with E-state index in [0.717, 1.165) is 13.1 Å². The van der Waals surface area contributed by atoms with Gasteiger partial charge >= 0.3 is 0 Å². The minimum atomic E-state index is -1.12. The van der Waals surface area contributed by atoms with E-state index in [1.165, 1.54) is 6.92 Å². The predicted octanol–water partition coefficient (Wildman–Crippen LogP) is 1.60. The Kier molecular flexibility index (Phi) is 15.8. The van der Waals surface area contributed by atoms with Crippen LogP contribution in [-0.2, 0) is 9.53 Å². The van der Waals surface area contributed by atoms with E-state index in [0.29, 0.717) is 6.61 Å². The molecule has 0 saturated heterocycles. The van der Waals surface area contributed by atoms with Crippen LogP contribution in [0.15, 0.2) is 0 Å². The van der Waals surface area contributed by atoms with E-state index in [9.17, 15) is 9.18 Å². The lowest BCUT2D eigenvalue weighted by Crippen LogP contribution is -2.31. The standard InChI is InChI=1S/C9H19FN2O2.C2H6.2H2/c1-3-11-4-5-14-7-9(10)6-12-8(2)13;1-2;;/h9,11H,3-7H2,1-2H3,(H,12,13);1-2H3;2*1H. The van der Waals surface area contributed by atoms with E-state index in [1.54, 1.807) is 0 Å². The number of likely N-dealkylation sites (N-methyl/N-ethyl adjacent to an activating group) is 1. The number of rotatable bonds is 8.